The fraction of sp³-hybridized carbons (Fsp3) is 0.300. The van der Waals surface area contributed by atoms with Gasteiger partial charge in [-0.15, -0.1) is 0 Å². The third-order valence-electron chi connectivity index (χ3n) is 4.48. The highest BCUT2D eigenvalue weighted by Gasteiger charge is 2.26. The number of rotatable bonds is 8. The first kappa shape index (κ1) is 25.4. The Labute approximate surface area is 191 Å². The van der Waals surface area contributed by atoms with Crippen LogP contribution in [0.3, 0.4) is 0 Å². The van der Waals surface area contributed by atoms with Crippen molar-refractivity contribution in [3.05, 3.63) is 46.5 Å². The number of hydrogen-bond donors (Lipinski definition) is 1. The van der Waals surface area contributed by atoms with Gasteiger partial charge in [0.1, 0.15) is 4.90 Å². The molecule has 0 heterocycles. The van der Waals surface area contributed by atoms with Crippen LogP contribution >= 0.6 is 11.6 Å². The number of amides is 2. The van der Waals surface area contributed by atoms with Crippen molar-refractivity contribution in [2.24, 2.45) is 0 Å². The molecule has 0 aliphatic heterocycles. The molecule has 0 aromatic heterocycles. The van der Waals surface area contributed by atoms with Gasteiger partial charge in [-0.25, -0.2) is 8.42 Å². The molecule has 10 nitrogen and oxygen atoms in total. The molecule has 1 N–H and O–H groups in total. The molecule has 174 valence electrons. The van der Waals surface area contributed by atoms with Crippen molar-refractivity contribution in [2.75, 3.05) is 47.8 Å². The van der Waals surface area contributed by atoms with Gasteiger partial charge in [-0.05, 0) is 24.3 Å². The molecular formula is C20H24ClN3O7S. The summed E-state index contributed by atoms with van der Waals surface area (Å²) in [5.41, 5.74) is 0.303. The molecule has 0 saturated carbocycles. The smallest absolute Gasteiger partial charge is 0.266 e. The molecule has 0 fully saturated rings. The van der Waals surface area contributed by atoms with Gasteiger partial charge in [0.2, 0.25) is 0 Å². The van der Waals surface area contributed by atoms with E-state index >= 15 is 0 Å². The van der Waals surface area contributed by atoms with E-state index < -0.39 is 15.9 Å². The van der Waals surface area contributed by atoms with E-state index in [1.165, 1.54) is 57.5 Å². The van der Waals surface area contributed by atoms with Gasteiger partial charge in [0.25, 0.3) is 21.8 Å². The number of hydroxylamine groups is 1. The first-order valence-electron chi connectivity index (χ1n) is 9.09. The van der Waals surface area contributed by atoms with Gasteiger partial charge >= 0.3 is 0 Å². The first-order valence-corrected chi connectivity index (χ1v) is 10.9. The number of ether oxygens (including phenoxy) is 2. The topological polar surface area (TPSA) is 114 Å². The van der Waals surface area contributed by atoms with Gasteiger partial charge in [-0.3, -0.25) is 14.4 Å². The summed E-state index contributed by atoms with van der Waals surface area (Å²) in [6, 6.07) is 6.66. The number of hydrogen-bond acceptors (Lipinski definition) is 7. The van der Waals surface area contributed by atoms with Gasteiger partial charge in [-0.1, -0.05) is 16.1 Å². The molecule has 0 aliphatic carbocycles. The third-order valence-corrected chi connectivity index (χ3v) is 6.64. The second-order valence-electron chi connectivity index (χ2n) is 6.65. The zero-order valence-electron chi connectivity index (χ0n) is 18.4. The van der Waals surface area contributed by atoms with E-state index in [1.54, 1.807) is 14.1 Å². The second kappa shape index (κ2) is 10.2. The Morgan fingerprint density at radius 1 is 0.969 bits per heavy atom. The lowest BCUT2D eigenvalue weighted by molar-refractivity contribution is -0.0258. The minimum Gasteiger partial charge on any atom is -0.493 e. The summed E-state index contributed by atoms with van der Waals surface area (Å²) in [7, 11) is 4.24. The van der Waals surface area contributed by atoms with E-state index in [9.17, 15) is 18.0 Å². The molecule has 0 aliphatic rings. The van der Waals surface area contributed by atoms with E-state index in [4.69, 9.17) is 25.9 Å². The Balaban J connectivity index is 2.53. The zero-order chi connectivity index (χ0) is 24.2. The standard InChI is InChI=1S/C20H24ClN3O7S/c1-23(2)20(26)13-10-16(29-4)17(30-5)11-15(13)22-19(25)12-7-8-14(21)18(9-12)32(27,28)24(3)31-6/h7-11H,1-6H3,(H,22,25). The Bertz CT molecular complexity index is 1140. The normalized spacial score (nSPS) is 11.2. The van der Waals surface area contributed by atoms with Crippen LogP contribution in [0.15, 0.2) is 35.2 Å². The molecule has 2 aromatic rings. The largest absolute Gasteiger partial charge is 0.493 e. The number of benzene rings is 2. The van der Waals surface area contributed by atoms with Crippen molar-refractivity contribution in [3.63, 3.8) is 0 Å². The Morgan fingerprint density at radius 3 is 2.09 bits per heavy atom. The minimum atomic E-state index is -4.10. The summed E-state index contributed by atoms with van der Waals surface area (Å²) in [4.78, 5) is 31.4. The second-order valence-corrected chi connectivity index (χ2v) is 8.96. The van der Waals surface area contributed by atoms with Crippen LogP contribution < -0.4 is 14.8 Å². The molecule has 2 amide bonds. The van der Waals surface area contributed by atoms with E-state index in [0.29, 0.717) is 16.0 Å². The van der Waals surface area contributed by atoms with Gasteiger partial charge in [0, 0.05) is 32.8 Å². The highest BCUT2D eigenvalue weighted by molar-refractivity contribution is 7.89. The first-order chi connectivity index (χ1) is 15.0. The number of nitrogens with one attached hydrogen (secondary N) is 1. The van der Waals surface area contributed by atoms with E-state index in [0.717, 1.165) is 6.07 Å². The number of sulfonamides is 1. The molecule has 0 unspecified atom stereocenters. The number of anilines is 1. The average Bonchev–Trinajstić information content (AvgIpc) is 2.77. The van der Waals surface area contributed by atoms with Crippen LogP contribution in [0.25, 0.3) is 0 Å². The van der Waals surface area contributed by atoms with E-state index in [2.05, 4.69) is 5.32 Å². The zero-order valence-corrected chi connectivity index (χ0v) is 20.0. The molecule has 12 heteroatoms. The molecule has 0 atom stereocenters. The number of methoxy groups -OCH3 is 2. The van der Waals surface area contributed by atoms with Gasteiger partial charge in [0.05, 0.1) is 37.6 Å². The summed E-state index contributed by atoms with van der Waals surface area (Å²) < 4.78 is 36.3. The number of halogens is 1. The van der Waals surface area contributed by atoms with Crippen molar-refractivity contribution in [3.8, 4) is 11.5 Å². The predicted molar refractivity (Wildman–Crippen MR) is 119 cm³/mol. The lowest BCUT2D eigenvalue weighted by Crippen LogP contribution is -2.26. The molecule has 0 radical (unpaired) electrons. The lowest BCUT2D eigenvalue weighted by Gasteiger charge is -2.18. The SMILES string of the molecule is COc1cc(NC(=O)c2ccc(Cl)c(S(=O)(=O)N(C)OC)c2)c(C(=O)N(C)C)cc1OC. The Kier molecular flexibility index (Phi) is 8.07. The number of carbonyl (C=O) groups is 2. The van der Waals surface area contributed by atoms with Crippen LogP contribution in [0.2, 0.25) is 5.02 Å². The molecular weight excluding hydrogens is 462 g/mol. The highest BCUT2D eigenvalue weighted by atomic mass is 35.5. The highest BCUT2D eigenvalue weighted by Crippen LogP contribution is 2.34. The third kappa shape index (κ3) is 5.13. The van der Waals surface area contributed by atoms with Gasteiger partial charge in [-0.2, -0.15) is 0 Å². The number of carbonyl (C=O) groups excluding carboxylic acids is 2. The summed E-state index contributed by atoms with van der Waals surface area (Å²) in [6.45, 7) is 0. The predicted octanol–water partition coefficient (Wildman–Crippen LogP) is 2.49. The van der Waals surface area contributed by atoms with Crippen molar-refractivity contribution < 1.29 is 32.3 Å². The molecule has 0 bridgehead atoms. The maximum atomic E-state index is 13.0. The molecule has 2 aromatic carbocycles. The fourth-order valence-electron chi connectivity index (χ4n) is 2.67. The van der Waals surface area contributed by atoms with Crippen LogP contribution in [0, 0.1) is 0 Å². The van der Waals surface area contributed by atoms with Gasteiger partial charge < -0.3 is 19.7 Å². The maximum absolute atomic E-state index is 13.0. The van der Waals surface area contributed by atoms with Gasteiger partial charge in [0.15, 0.2) is 11.5 Å². The molecule has 0 saturated heterocycles. The van der Waals surface area contributed by atoms with E-state index in [-0.39, 0.29) is 32.6 Å². The quantitative estimate of drug-likeness (QED) is 0.571. The Hall–Kier alpha value is -2.86. The van der Waals surface area contributed by atoms with Crippen LogP contribution in [0.4, 0.5) is 5.69 Å². The minimum absolute atomic E-state index is 0.00415. The lowest BCUT2D eigenvalue weighted by atomic mass is 10.1. The van der Waals surface area contributed by atoms with Crippen molar-refractivity contribution in [2.45, 2.75) is 4.90 Å². The van der Waals surface area contributed by atoms with Crippen LogP contribution in [-0.4, -0.2) is 72.1 Å². The summed E-state index contributed by atoms with van der Waals surface area (Å²) in [5, 5.41) is 2.54. The average molecular weight is 486 g/mol. The van der Waals surface area contributed by atoms with Crippen molar-refractivity contribution in [1.29, 1.82) is 0 Å². The fourth-order valence-corrected chi connectivity index (χ4v) is 4.15. The molecule has 0 spiro atoms. The van der Waals surface area contributed by atoms with Crippen LogP contribution in [0.5, 0.6) is 11.5 Å². The van der Waals surface area contributed by atoms with Crippen LogP contribution in [0.1, 0.15) is 20.7 Å². The monoisotopic (exact) mass is 485 g/mol. The summed E-state index contributed by atoms with van der Waals surface area (Å²) in [5.74, 6) is -0.460. The van der Waals surface area contributed by atoms with Crippen LogP contribution in [-0.2, 0) is 14.9 Å². The molecule has 32 heavy (non-hydrogen) atoms. The number of nitrogens with zero attached hydrogens (tertiary/aromatic N) is 2. The van der Waals surface area contributed by atoms with Crippen molar-refractivity contribution >= 4 is 39.1 Å². The Morgan fingerprint density at radius 2 is 1.56 bits per heavy atom. The molecule has 2 rings (SSSR count). The summed E-state index contributed by atoms with van der Waals surface area (Å²) >= 11 is 6.05. The summed E-state index contributed by atoms with van der Waals surface area (Å²) in [6.07, 6.45) is 0. The maximum Gasteiger partial charge on any atom is 0.266 e. The van der Waals surface area contributed by atoms with E-state index in [1.807, 2.05) is 0 Å². The van der Waals surface area contributed by atoms with Crippen molar-refractivity contribution in [1.82, 2.24) is 9.37 Å².